The first-order chi connectivity index (χ1) is 12.6. The minimum Gasteiger partial charge on any atom is -0.462 e. The smallest absolute Gasteiger partial charge is 0.341 e. The van der Waals surface area contributed by atoms with Crippen molar-refractivity contribution in [3.8, 4) is 0 Å². The number of likely N-dealkylation sites (tertiary alicyclic amines) is 1. The summed E-state index contributed by atoms with van der Waals surface area (Å²) in [7, 11) is 1.87. The molecule has 1 aliphatic heterocycles. The molecule has 1 N–H and O–H groups in total. The second-order valence-corrected chi connectivity index (χ2v) is 6.83. The lowest BCUT2D eigenvalue weighted by atomic mass is 10.0. The topological polar surface area (TPSA) is 72.3 Å². The van der Waals surface area contributed by atoms with Gasteiger partial charge >= 0.3 is 5.97 Å². The van der Waals surface area contributed by atoms with Gasteiger partial charge in [-0.2, -0.15) is 5.10 Å². The summed E-state index contributed by atoms with van der Waals surface area (Å²) in [6.45, 7) is 9.30. The van der Waals surface area contributed by atoms with Gasteiger partial charge in [-0.3, -0.25) is 9.58 Å². The lowest BCUT2D eigenvalue weighted by Gasteiger charge is -2.35. The molecule has 1 saturated heterocycles. The van der Waals surface area contributed by atoms with Gasteiger partial charge in [-0.15, -0.1) is 0 Å². The molecule has 1 atom stereocenters. The van der Waals surface area contributed by atoms with E-state index in [1.165, 1.54) is 19.3 Å². The van der Waals surface area contributed by atoms with Crippen LogP contribution >= 0.6 is 0 Å². The molecular formula is C19H29N5O2. The Balaban J connectivity index is 1.95. The molecule has 142 valence electrons. The first-order valence-corrected chi connectivity index (χ1v) is 9.54. The first-order valence-electron chi connectivity index (χ1n) is 9.54. The maximum absolute atomic E-state index is 12.5. The number of aromatic nitrogens is 3. The zero-order valence-electron chi connectivity index (χ0n) is 16.2. The zero-order chi connectivity index (χ0) is 18.7. The Labute approximate surface area is 154 Å². The monoisotopic (exact) mass is 359 g/mol. The number of esters is 1. The number of carbonyl (C=O) groups excluding carboxylic acids is 1. The molecule has 0 aromatic carbocycles. The van der Waals surface area contributed by atoms with E-state index in [4.69, 9.17) is 4.74 Å². The molecule has 0 saturated carbocycles. The second kappa shape index (κ2) is 8.03. The molecular weight excluding hydrogens is 330 g/mol. The van der Waals surface area contributed by atoms with Crippen molar-refractivity contribution in [1.29, 1.82) is 0 Å². The van der Waals surface area contributed by atoms with Gasteiger partial charge in [0.25, 0.3) is 0 Å². The number of rotatable bonds is 6. The van der Waals surface area contributed by atoms with E-state index < -0.39 is 0 Å². The predicted octanol–water partition coefficient (Wildman–Crippen LogP) is 2.74. The van der Waals surface area contributed by atoms with Crippen LogP contribution in [0.15, 0.2) is 6.20 Å². The average molecular weight is 359 g/mol. The Morgan fingerprint density at radius 2 is 2.19 bits per heavy atom. The molecule has 3 heterocycles. The molecule has 0 radical (unpaired) electrons. The lowest BCUT2D eigenvalue weighted by Crippen LogP contribution is -2.43. The van der Waals surface area contributed by atoms with Crippen LogP contribution in [0.5, 0.6) is 0 Å². The number of nitrogens with one attached hydrogen (secondary N) is 1. The molecule has 0 bridgehead atoms. The Bertz CT molecular complexity index is 786. The Hall–Kier alpha value is -2.15. The standard InChI is InChI=1S/C19H29N5O2/c1-5-24-10-8-7-9-14(24)11-20-17-15(19(25)26-6-2)12-21-18-16(17)13(3)22-23(18)4/h12,14H,5-11H2,1-4H3,(H,20,21). The zero-order valence-corrected chi connectivity index (χ0v) is 16.2. The maximum atomic E-state index is 12.5. The van der Waals surface area contributed by atoms with Crippen LogP contribution in [-0.4, -0.2) is 57.9 Å². The van der Waals surface area contributed by atoms with E-state index in [1.54, 1.807) is 10.9 Å². The molecule has 7 nitrogen and oxygen atoms in total. The van der Waals surface area contributed by atoms with E-state index in [-0.39, 0.29) is 5.97 Å². The number of likely N-dealkylation sites (N-methyl/N-ethyl adjacent to an activating group) is 1. The number of piperidine rings is 1. The van der Waals surface area contributed by atoms with Gasteiger partial charge in [-0.1, -0.05) is 13.3 Å². The largest absolute Gasteiger partial charge is 0.462 e. The molecule has 0 amide bonds. The summed E-state index contributed by atoms with van der Waals surface area (Å²) in [5.74, 6) is -0.344. The van der Waals surface area contributed by atoms with E-state index in [0.29, 0.717) is 18.2 Å². The summed E-state index contributed by atoms with van der Waals surface area (Å²) in [5.41, 5.74) is 2.91. The average Bonchev–Trinajstić information content (AvgIpc) is 2.94. The van der Waals surface area contributed by atoms with Gasteiger partial charge < -0.3 is 10.1 Å². The normalized spacial score (nSPS) is 18.2. The second-order valence-electron chi connectivity index (χ2n) is 6.83. The van der Waals surface area contributed by atoms with Gasteiger partial charge in [0.1, 0.15) is 5.56 Å². The lowest BCUT2D eigenvalue weighted by molar-refractivity contribution is 0.0527. The molecule has 0 spiro atoms. The number of anilines is 1. The quantitative estimate of drug-likeness (QED) is 0.800. The Kier molecular flexibility index (Phi) is 5.76. The number of carbonyl (C=O) groups is 1. The van der Waals surface area contributed by atoms with Crippen LogP contribution in [0.3, 0.4) is 0 Å². The van der Waals surface area contributed by atoms with Gasteiger partial charge in [-0.05, 0) is 39.8 Å². The molecule has 3 rings (SSSR count). The SMILES string of the molecule is CCOC(=O)c1cnc2c(c(C)nn2C)c1NCC1CCCCN1CC. The van der Waals surface area contributed by atoms with Crippen molar-refractivity contribution in [2.45, 2.75) is 46.1 Å². The van der Waals surface area contributed by atoms with Crippen LogP contribution in [0.25, 0.3) is 11.0 Å². The Morgan fingerprint density at radius 3 is 2.92 bits per heavy atom. The van der Waals surface area contributed by atoms with Crippen molar-refractivity contribution in [1.82, 2.24) is 19.7 Å². The van der Waals surface area contributed by atoms with Crippen LogP contribution in [0.2, 0.25) is 0 Å². The number of hydrogen-bond donors (Lipinski definition) is 1. The third-order valence-electron chi connectivity index (χ3n) is 5.19. The van der Waals surface area contributed by atoms with Crippen molar-refractivity contribution in [2.24, 2.45) is 7.05 Å². The van der Waals surface area contributed by atoms with E-state index >= 15 is 0 Å². The van der Waals surface area contributed by atoms with Crippen LogP contribution in [0, 0.1) is 6.92 Å². The summed E-state index contributed by atoms with van der Waals surface area (Å²) in [6.07, 6.45) is 5.29. The number of ether oxygens (including phenoxy) is 1. The molecule has 7 heteroatoms. The van der Waals surface area contributed by atoms with Gasteiger partial charge in [0.2, 0.25) is 0 Å². The number of fused-ring (bicyclic) bond motifs is 1. The molecule has 0 aliphatic carbocycles. The molecule has 1 unspecified atom stereocenters. The van der Waals surface area contributed by atoms with Crippen molar-refractivity contribution in [3.63, 3.8) is 0 Å². The highest BCUT2D eigenvalue weighted by atomic mass is 16.5. The molecule has 26 heavy (non-hydrogen) atoms. The highest BCUT2D eigenvalue weighted by molar-refractivity contribution is 6.05. The highest BCUT2D eigenvalue weighted by Crippen LogP contribution is 2.29. The van der Waals surface area contributed by atoms with E-state index in [1.807, 2.05) is 20.9 Å². The van der Waals surface area contributed by atoms with Crippen LogP contribution in [-0.2, 0) is 11.8 Å². The summed E-state index contributed by atoms with van der Waals surface area (Å²) >= 11 is 0. The molecule has 2 aromatic heterocycles. The fourth-order valence-electron chi connectivity index (χ4n) is 3.89. The maximum Gasteiger partial charge on any atom is 0.341 e. The molecule has 1 fully saturated rings. The van der Waals surface area contributed by atoms with E-state index in [9.17, 15) is 4.79 Å². The summed E-state index contributed by atoms with van der Waals surface area (Å²) in [4.78, 5) is 19.4. The van der Waals surface area contributed by atoms with Crippen molar-refractivity contribution >= 4 is 22.7 Å². The van der Waals surface area contributed by atoms with Crippen LogP contribution < -0.4 is 5.32 Å². The minimum absolute atomic E-state index is 0.342. The van der Waals surface area contributed by atoms with E-state index in [0.717, 1.165) is 42.0 Å². The van der Waals surface area contributed by atoms with Gasteiger partial charge in [0, 0.05) is 25.8 Å². The summed E-state index contributed by atoms with van der Waals surface area (Å²) in [5, 5.41) is 8.92. The van der Waals surface area contributed by atoms with Crippen molar-refractivity contribution in [3.05, 3.63) is 17.5 Å². The first kappa shape index (κ1) is 18.6. The van der Waals surface area contributed by atoms with Crippen LogP contribution in [0.1, 0.15) is 49.2 Å². The number of hydrogen-bond acceptors (Lipinski definition) is 6. The predicted molar refractivity (Wildman–Crippen MR) is 103 cm³/mol. The fraction of sp³-hybridized carbons (Fsp3) is 0.632. The number of pyridine rings is 1. The van der Waals surface area contributed by atoms with Gasteiger partial charge in [0.05, 0.1) is 23.4 Å². The highest BCUT2D eigenvalue weighted by Gasteiger charge is 2.24. The molecule has 1 aliphatic rings. The molecule has 2 aromatic rings. The van der Waals surface area contributed by atoms with Crippen molar-refractivity contribution in [2.75, 3.05) is 31.6 Å². The number of nitrogens with zero attached hydrogens (tertiary/aromatic N) is 4. The third kappa shape index (κ3) is 3.53. The number of aryl methyl sites for hydroxylation is 2. The van der Waals surface area contributed by atoms with E-state index in [2.05, 4.69) is 27.2 Å². The Morgan fingerprint density at radius 1 is 1.38 bits per heavy atom. The van der Waals surface area contributed by atoms with Gasteiger partial charge in [-0.25, -0.2) is 9.78 Å². The van der Waals surface area contributed by atoms with Crippen LogP contribution in [0.4, 0.5) is 5.69 Å². The van der Waals surface area contributed by atoms with Crippen molar-refractivity contribution < 1.29 is 9.53 Å². The fourth-order valence-corrected chi connectivity index (χ4v) is 3.89. The van der Waals surface area contributed by atoms with Gasteiger partial charge in [0.15, 0.2) is 5.65 Å². The minimum atomic E-state index is -0.344. The summed E-state index contributed by atoms with van der Waals surface area (Å²) < 4.78 is 7.00. The third-order valence-corrected chi connectivity index (χ3v) is 5.19. The summed E-state index contributed by atoms with van der Waals surface area (Å²) in [6, 6.07) is 0.476.